The molecule has 0 aliphatic carbocycles. The Hall–Kier alpha value is -2.27. The molecule has 0 spiro atoms. The third kappa shape index (κ3) is 2.46. The van der Waals surface area contributed by atoms with Gasteiger partial charge in [0.2, 0.25) is 6.79 Å². The van der Waals surface area contributed by atoms with Crippen molar-refractivity contribution in [2.24, 2.45) is 0 Å². The summed E-state index contributed by atoms with van der Waals surface area (Å²) in [6.07, 6.45) is 0. The lowest BCUT2D eigenvalue weighted by Crippen LogP contribution is -1.93. The number of aliphatic hydroxyl groups is 1. The van der Waals surface area contributed by atoms with Gasteiger partial charge >= 0.3 is 0 Å². The minimum atomic E-state index is -0.456. The molecule has 1 N–H and O–H groups in total. The van der Waals surface area contributed by atoms with Gasteiger partial charge in [-0.15, -0.1) is 0 Å². The summed E-state index contributed by atoms with van der Waals surface area (Å²) >= 11 is 0. The molecule has 0 saturated carbocycles. The maximum absolute atomic E-state index is 13.3. The molecule has 1 heterocycles. The Labute approximate surface area is 109 Å². The number of aliphatic hydroxyl groups excluding tert-OH is 1. The summed E-state index contributed by atoms with van der Waals surface area (Å²) in [5.41, 5.74) is 0.454. The molecule has 5 heteroatoms. The Morgan fingerprint density at radius 2 is 1.89 bits per heavy atom. The second kappa shape index (κ2) is 4.78. The van der Waals surface area contributed by atoms with Gasteiger partial charge in [-0.1, -0.05) is 0 Å². The van der Waals surface area contributed by atoms with Gasteiger partial charge in [0.05, 0.1) is 6.61 Å². The van der Waals surface area contributed by atoms with Crippen molar-refractivity contribution in [3.63, 3.8) is 0 Å². The lowest BCUT2D eigenvalue weighted by atomic mass is 10.2. The summed E-state index contributed by atoms with van der Waals surface area (Å²) in [4.78, 5) is 0. The van der Waals surface area contributed by atoms with Crippen LogP contribution in [0.15, 0.2) is 36.4 Å². The maximum Gasteiger partial charge on any atom is 0.231 e. The van der Waals surface area contributed by atoms with Crippen molar-refractivity contribution in [3.8, 4) is 23.0 Å². The third-order valence-corrected chi connectivity index (χ3v) is 2.69. The van der Waals surface area contributed by atoms with Crippen molar-refractivity contribution in [2.45, 2.75) is 6.61 Å². The quantitative estimate of drug-likeness (QED) is 0.924. The minimum Gasteiger partial charge on any atom is -0.457 e. The van der Waals surface area contributed by atoms with Crippen molar-refractivity contribution in [1.29, 1.82) is 0 Å². The summed E-state index contributed by atoms with van der Waals surface area (Å²) in [6.45, 7) is -0.0529. The van der Waals surface area contributed by atoms with Gasteiger partial charge in [0.15, 0.2) is 11.5 Å². The molecule has 1 aliphatic rings. The SMILES string of the molecule is OCc1cc(F)cc(Oc2ccc3c(c2)OCO3)c1. The van der Waals surface area contributed by atoms with Crippen LogP contribution in [0, 0.1) is 5.82 Å². The highest BCUT2D eigenvalue weighted by Crippen LogP contribution is 2.36. The average molecular weight is 262 g/mol. The standard InChI is InChI=1S/C14H11FO4/c15-10-3-9(7-16)4-12(5-10)19-11-1-2-13-14(6-11)18-8-17-13/h1-6,16H,7-8H2. The van der Waals surface area contributed by atoms with Gasteiger partial charge < -0.3 is 19.3 Å². The van der Waals surface area contributed by atoms with Crippen molar-refractivity contribution in [1.82, 2.24) is 0 Å². The predicted octanol–water partition coefficient (Wildman–Crippen LogP) is 2.84. The third-order valence-electron chi connectivity index (χ3n) is 2.69. The molecule has 98 valence electrons. The van der Waals surface area contributed by atoms with E-state index in [1.807, 2.05) is 0 Å². The van der Waals surface area contributed by atoms with Crippen LogP contribution in [0.5, 0.6) is 23.0 Å². The highest BCUT2D eigenvalue weighted by Gasteiger charge is 2.14. The molecule has 0 bridgehead atoms. The molecule has 0 unspecified atom stereocenters. The molecule has 19 heavy (non-hydrogen) atoms. The lowest BCUT2D eigenvalue weighted by Gasteiger charge is -2.08. The first-order chi connectivity index (χ1) is 9.24. The summed E-state index contributed by atoms with van der Waals surface area (Å²) in [6, 6.07) is 9.19. The first-order valence-electron chi connectivity index (χ1n) is 5.72. The fourth-order valence-corrected chi connectivity index (χ4v) is 1.85. The van der Waals surface area contributed by atoms with Crippen LogP contribution in [0.25, 0.3) is 0 Å². The molecule has 2 aromatic rings. The molecular formula is C14H11FO4. The zero-order valence-electron chi connectivity index (χ0n) is 9.93. The smallest absolute Gasteiger partial charge is 0.231 e. The van der Waals surface area contributed by atoms with E-state index in [2.05, 4.69) is 0 Å². The molecule has 0 atom stereocenters. The van der Waals surface area contributed by atoms with Crippen molar-refractivity contribution < 1.29 is 23.7 Å². The van der Waals surface area contributed by atoms with E-state index in [1.165, 1.54) is 12.1 Å². The summed E-state index contributed by atoms with van der Waals surface area (Å²) in [5.74, 6) is 1.63. The summed E-state index contributed by atoms with van der Waals surface area (Å²) < 4.78 is 29.3. The highest BCUT2D eigenvalue weighted by molar-refractivity contribution is 5.48. The normalized spacial score (nSPS) is 12.5. The van der Waals surface area contributed by atoms with E-state index in [-0.39, 0.29) is 13.4 Å². The average Bonchev–Trinajstić information content (AvgIpc) is 2.85. The van der Waals surface area contributed by atoms with E-state index in [1.54, 1.807) is 24.3 Å². The Kier molecular flexibility index (Phi) is 2.97. The van der Waals surface area contributed by atoms with Crippen LogP contribution in [-0.4, -0.2) is 11.9 Å². The summed E-state index contributed by atoms with van der Waals surface area (Å²) in [7, 11) is 0. The van der Waals surface area contributed by atoms with Gasteiger partial charge in [-0.3, -0.25) is 0 Å². The maximum atomic E-state index is 13.3. The Morgan fingerprint density at radius 3 is 2.74 bits per heavy atom. The highest BCUT2D eigenvalue weighted by atomic mass is 19.1. The molecule has 1 aliphatic heterocycles. The molecule has 2 aromatic carbocycles. The van der Waals surface area contributed by atoms with Crippen molar-refractivity contribution in [3.05, 3.63) is 47.8 Å². The molecule has 0 aromatic heterocycles. The Morgan fingerprint density at radius 1 is 1.05 bits per heavy atom. The van der Waals surface area contributed by atoms with Gasteiger partial charge in [-0.05, 0) is 29.8 Å². The van der Waals surface area contributed by atoms with Crippen LogP contribution in [-0.2, 0) is 6.61 Å². The fourth-order valence-electron chi connectivity index (χ4n) is 1.85. The Balaban J connectivity index is 1.86. The number of benzene rings is 2. The number of fused-ring (bicyclic) bond motifs is 1. The number of halogens is 1. The van der Waals surface area contributed by atoms with E-state index in [0.717, 1.165) is 0 Å². The van der Waals surface area contributed by atoms with E-state index < -0.39 is 5.82 Å². The topological polar surface area (TPSA) is 47.9 Å². The van der Waals surface area contributed by atoms with Crippen LogP contribution in [0.4, 0.5) is 4.39 Å². The molecule has 3 rings (SSSR count). The molecule has 0 fully saturated rings. The van der Waals surface area contributed by atoms with Crippen LogP contribution in [0.2, 0.25) is 0 Å². The second-order valence-corrected chi connectivity index (χ2v) is 4.07. The van der Waals surface area contributed by atoms with E-state index in [0.29, 0.717) is 28.6 Å². The first kappa shape index (κ1) is 11.8. The second-order valence-electron chi connectivity index (χ2n) is 4.07. The molecule has 0 saturated heterocycles. The lowest BCUT2D eigenvalue weighted by molar-refractivity contribution is 0.174. The largest absolute Gasteiger partial charge is 0.457 e. The van der Waals surface area contributed by atoms with Gasteiger partial charge in [0, 0.05) is 12.1 Å². The zero-order chi connectivity index (χ0) is 13.2. The van der Waals surface area contributed by atoms with E-state index >= 15 is 0 Å². The van der Waals surface area contributed by atoms with Crippen LogP contribution >= 0.6 is 0 Å². The number of rotatable bonds is 3. The minimum absolute atomic E-state index is 0.188. The molecular weight excluding hydrogens is 251 g/mol. The monoisotopic (exact) mass is 262 g/mol. The Bertz CT molecular complexity index is 612. The van der Waals surface area contributed by atoms with E-state index in [9.17, 15) is 4.39 Å². The molecule has 4 nitrogen and oxygen atoms in total. The predicted molar refractivity (Wildman–Crippen MR) is 65.0 cm³/mol. The van der Waals surface area contributed by atoms with Crippen molar-refractivity contribution in [2.75, 3.05) is 6.79 Å². The first-order valence-corrected chi connectivity index (χ1v) is 5.72. The summed E-state index contributed by atoms with van der Waals surface area (Å²) in [5, 5.41) is 9.02. The number of hydrogen-bond acceptors (Lipinski definition) is 4. The van der Waals surface area contributed by atoms with Gasteiger partial charge in [0.1, 0.15) is 17.3 Å². The van der Waals surface area contributed by atoms with Gasteiger partial charge in [0.25, 0.3) is 0 Å². The molecule has 0 radical (unpaired) electrons. The van der Waals surface area contributed by atoms with E-state index in [4.69, 9.17) is 19.3 Å². The van der Waals surface area contributed by atoms with Crippen LogP contribution in [0.3, 0.4) is 0 Å². The van der Waals surface area contributed by atoms with Gasteiger partial charge in [-0.25, -0.2) is 4.39 Å². The fraction of sp³-hybridized carbons (Fsp3) is 0.143. The van der Waals surface area contributed by atoms with Gasteiger partial charge in [-0.2, -0.15) is 0 Å². The van der Waals surface area contributed by atoms with Crippen LogP contribution < -0.4 is 14.2 Å². The van der Waals surface area contributed by atoms with Crippen molar-refractivity contribution >= 4 is 0 Å². The molecule has 0 amide bonds. The number of ether oxygens (including phenoxy) is 3. The number of hydrogen-bond donors (Lipinski definition) is 1. The zero-order valence-corrected chi connectivity index (χ0v) is 9.93. The van der Waals surface area contributed by atoms with Crippen LogP contribution in [0.1, 0.15) is 5.56 Å².